The molecular weight excluding hydrogens is 386 g/mol. The molecule has 0 aliphatic rings. The molecule has 0 fully saturated rings. The minimum absolute atomic E-state index is 0.0639. The number of ether oxygens (including phenoxy) is 1. The number of para-hydroxylation sites is 1. The zero-order chi connectivity index (χ0) is 13.8. The van der Waals surface area contributed by atoms with Gasteiger partial charge in [-0.05, 0) is 50.4 Å². The highest BCUT2D eigenvalue weighted by Crippen LogP contribution is 2.33. The van der Waals surface area contributed by atoms with Crippen molar-refractivity contribution < 1.29 is 13.2 Å². The zero-order valence-corrected chi connectivity index (χ0v) is 13.9. The highest BCUT2D eigenvalue weighted by Gasteiger charge is 2.16. The summed E-state index contributed by atoms with van der Waals surface area (Å²) in [6.07, 6.45) is 0.693. The Bertz CT molecular complexity index is 485. The fourth-order valence-electron chi connectivity index (χ4n) is 1.43. The highest BCUT2D eigenvalue weighted by molar-refractivity contribution is 9.11. The fraction of sp³-hybridized carbons (Fsp3) is 0.455. The van der Waals surface area contributed by atoms with E-state index in [9.17, 15) is 8.42 Å². The molecule has 1 aromatic rings. The van der Waals surface area contributed by atoms with Gasteiger partial charge in [-0.2, -0.15) is 0 Å². The monoisotopic (exact) mass is 399 g/mol. The summed E-state index contributed by atoms with van der Waals surface area (Å²) in [7, 11) is -3.46. The lowest BCUT2D eigenvalue weighted by Crippen LogP contribution is -2.26. The van der Waals surface area contributed by atoms with Gasteiger partial charge < -0.3 is 4.74 Å². The number of rotatable bonds is 6. The number of sulfonamides is 1. The molecule has 0 aromatic heterocycles. The van der Waals surface area contributed by atoms with Crippen LogP contribution in [0.25, 0.3) is 0 Å². The lowest BCUT2D eigenvalue weighted by atomic mass is 10.1. The number of hydrogen-bond acceptors (Lipinski definition) is 3. The van der Waals surface area contributed by atoms with Crippen molar-refractivity contribution in [2.45, 2.75) is 13.3 Å². The van der Waals surface area contributed by atoms with Crippen LogP contribution in [0.1, 0.15) is 13.3 Å². The van der Waals surface area contributed by atoms with Gasteiger partial charge in [0, 0.05) is 5.92 Å². The minimum atomic E-state index is -3.46. The van der Waals surface area contributed by atoms with Crippen molar-refractivity contribution >= 4 is 41.9 Å². The molecule has 1 unspecified atom stereocenters. The Morgan fingerprint density at radius 1 is 1.33 bits per heavy atom. The van der Waals surface area contributed by atoms with Gasteiger partial charge in [0.05, 0.1) is 21.3 Å². The SMILES string of the molecule is CCC(COc1c(Br)cccc1Br)CS(N)(=O)=O. The molecule has 18 heavy (non-hydrogen) atoms. The molecule has 0 heterocycles. The normalized spacial score (nSPS) is 13.3. The zero-order valence-electron chi connectivity index (χ0n) is 9.90. The first kappa shape index (κ1) is 15.9. The summed E-state index contributed by atoms with van der Waals surface area (Å²) in [5.41, 5.74) is 0. The third-order valence-corrected chi connectivity index (χ3v) is 4.61. The molecule has 1 rings (SSSR count). The Balaban J connectivity index is 2.69. The van der Waals surface area contributed by atoms with E-state index < -0.39 is 10.0 Å². The number of nitrogens with two attached hydrogens (primary N) is 1. The first-order valence-electron chi connectivity index (χ1n) is 5.40. The van der Waals surface area contributed by atoms with Gasteiger partial charge in [-0.15, -0.1) is 0 Å². The van der Waals surface area contributed by atoms with E-state index in [1.54, 1.807) is 0 Å². The van der Waals surface area contributed by atoms with Crippen LogP contribution in [0.4, 0.5) is 0 Å². The number of benzene rings is 1. The van der Waals surface area contributed by atoms with Crippen LogP contribution < -0.4 is 9.88 Å². The molecule has 4 nitrogen and oxygen atoms in total. The molecule has 2 N–H and O–H groups in total. The summed E-state index contributed by atoms with van der Waals surface area (Å²) in [4.78, 5) is 0. The van der Waals surface area contributed by atoms with Crippen molar-refractivity contribution in [1.29, 1.82) is 0 Å². The molecule has 0 spiro atoms. The van der Waals surface area contributed by atoms with E-state index in [1.165, 1.54) is 0 Å². The largest absolute Gasteiger partial charge is 0.491 e. The van der Waals surface area contributed by atoms with Crippen LogP contribution >= 0.6 is 31.9 Å². The smallest absolute Gasteiger partial charge is 0.209 e. The van der Waals surface area contributed by atoms with E-state index in [0.717, 1.165) is 8.95 Å². The van der Waals surface area contributed by atoms with Gasteiger partial charge in [0.25, 0.3) is 0 Å². The maximum atomic E-state index is 11.0. The van der Waals surface area contributed by atoms with E-state index in [-0.39, 0.29) is 11.7 Å². The Kier molecular flexibility index (Phi) is 6.10. The van der Waals surface area contributed by atoms with Gasteiger partial charge in [-0.25, -0.2) is 13.6 Å². The predicted octanol–water partition coefficient (Wildman–Crippen LogP) is 2.91. The van der Waals surface area contributed by atoms with Crippen LogP contribution in [0.2, 0.25) is 0 Å². The van der Waals surface area contributed by atoms with Crippen molar-refractivity contribution in [3.05, 3.63) is 27.1 Å². The molecule has 102 valence electrons. The summed E-state index contributed by atoms with van der Waals surface area (Å²) >= 11 is 6.77. The molecule has 1 aromatic carbocycles. The third kappa shape index (κ3) is 5.26. The van der Waals surface area contributed by atoms with E-state index in [0.29, 0.717) is 18.8 Å². The van der Waals surface area contributed by atoms with Crippen molar-refractivity contribution in [3.8, 4) is 5.75 Å². The topological polar surface area (TPSA) is 69.4 Å². The predicted molar refractivity (Wildman–Crippen MR) is 79.1 cm³/mol. The van der Waals surface area contributed by atoms with Gasteiger partial charge in [0.2, 0.25) is 10.0 Å². The summed E-state index contributed by atoms with van der Waals surface area (Å²) in [5.74, 6) is 0.496. The van der Waals surface area contributed by atoms with Gasteiger partial charge >= 0.3 is 0 Å². The lowest BCUT2D eigenvalue weighted by molar-refractivity contribution is 0.255. The van der Waals surface area contributed by atoms with Gasteiger partial charge in [-0.3, -0.25) is 0 Å². The Labute approximate surface area is 124 Å². The van der Waals surface area contributed by atoms with Crippen LogP contribution in [-0.2, 0) is 10.0 Å². The van der Waals surface area contributed by atoms with Crippen LogP contribution in [0.3, 0.4) is 0 Å². The molecule has 0 aliphatic heterocycles. The van der Waals surface area contributed by atoms with Gasteiger partial charge in [0.1, 0.15) is 5.75 Å². The summed E-state index contributed by atoms with van der Waals surface area (Å²) < 4.78 is 29.4. The van der Waals surface area contributed by atoms with Gasteiger partial charge in [0.15, 0.2) is 0 Å². The standard InChI is InChI=1S/C11H15Br2NO3S/c1-2-8(7-18(14,15)16)6-17-11-9(12)4-3-5-10(11)13/h3-5,8H,2,6-7H2,1H3,(H2,14,15,16). The Morgan fingerprint density at radius 2 is 1.89 bits per heavy atom. The van der Waals surface area contributed by atoms with Crippen LogP contribution in [0.5, 0.6) is 5.75 Å². The minimum Gasteiger partial charge on any atom is -0.491 e. The van der Waals surface area contributed by atoms with Crippen LogP contribution in [0, 0.1) is 5.92 Å². The number of primary sulfonamides is 1. The van der Waals surface area contributed by atoms with Gasteiger partial charge in [-0.1, -0.05) is 13.0 Å². The first-order valence-corrected chi connectivity index (χ1v) is 8.71. The average molecular weight is 401 g/mol. The molecule has 0 amide bonds. The number of halogens is 2. The molecule has 1 atom stereocenters. The van der Waals surface area contributed by atoms with E-state index in [2.05, 4.69) is 31.9 Å². The summed E-state index contributed by atoms with van der Waals surface area (Å²) in [6, 6.07) is 5.60. The van der Waals surface area contributed by atoms with Crippen LogP contribution in [0.15, 0.2) is 27.1 Å². The molecule has 0 saturated carbocycles. The maximum absolute atomic E-state index is 11.0. The second-order valence-electron chi connectivity index (χ2n) is 3.97. The number of hydrogen-bond donors (Lipinski definition) is 1. The average Bonchev–Trinajstić information content (AvgIpc) is 2.25. The van der Waals surface area contributed by atoms with E-state index in [1.807, 2.05) is 25.1 Å². The van der Waals surface area contributed by atoms with Crippen molar-refractivity contribution in [1.82, 2.24) is 0 Å². The quantitative estimate of drug-likeness (QED) is 0.797. The molecular formula is C11H15Br2NO3S. The highest BCUT2D eigenvalue weighted by atomic mass is 79.9. The lowest BCUT2D eigenvalue weighted by Gasteiger charge is -2.16. The third-order valence-electron chi connectivity index (χ3n) is 2.43. The Hall–Kier alpha value is -0.110. The maximum Gasteiger partial charge on any atom is 0.209 e. The van der Waals surface area contributed by atoms with E-state index >= 15 is 0 Å². The first-order chi connectivity index (χ1) is 8.33. The van der Waals surface area contributed by atoms with Crippen molar-refractivity contribution in [3.63, 3.8) is 0 Å². The molecule has 0 saturated heterocycles. The van der Waals surface area contributed by atoms with Crippen molar-refractivity contribution in [2.24, 2.45) is 11.1 Å². The Morgan fingerprint density at radius 3 is 2.33 bits per heavy atom. The molecule has 0 aliphatic carbocycles. The van der Waals surface area contributed by atoms with E-state index in [4.69, 9.17) is 9.88 Å². The molecule has 0 radical (unpaired) electrons. The van der Waals surface area contributed by atoms with Crippen LogP contribution in [-0.4, -0.2) is 20.8 Å². The molecule has 7 heteroatoms. The summed E-state index contributed by atoms with van der Waals surface area (Å²) in [5, 5.41) is 5.04. The summed E-state index contributed by atoms with van der Waals surface area (Å²) in [6.45, 7) is 2.22. The van der Waals surface area contributed by atoms with Crippen molar-refractivity contribution in [2.75, 3.05) is 12.4 Å². The molecule has 0 bridgehead atoms. The second kappa shape index (κ2) is 6.88. The second-order valence-corrected chi connectivity index (χ2v) is 7.33. The fourth-order valence-corrected chi connectivity index (χ4v) is 3.65.